The second-order valence-electron chi connectivity index (χ2n) is 8.93. The van der Waals surface area contributed by atoms with Gasteiger partial charge in [0.2, 0.25) is 0 Å². The summed E-state index contributed by atoms with van der Waals surface area (Å²) in [5, 5.41) is 14.3. The van der Waals surface area contributed by atoms with Crippen molar-refractivity contribution in [3.05, 3.63) is 81.5 Å². The summed E-state index contributed by atoms with van der Waals surface area (Å²) in [6, 6.07) is 16.5. The van der Waals surface area contributed by atoms with E-state index in [4.69, 9.17) is 4.98 Å². The van der Waals surface area contributed by atoms with Crippen LogP contribution < -0.4 is 5.56 Å². The molecule has 0 radical (unpaired) electrons. The molecule has 0 spiro atoms. The molecule has 35 heavy (non-hydrogen) atoms. The van der Waals surface area contributed by atoms with Crippen LogP contribution in [0.4, 0.5) is 0 Å². The molecule has 1 N–H and O–H groups in total. The van der Waals surface area contributed by atoms with Gasteiger partial charge in [0, 0.05) is 30.5 Å². The third-order valence-corrected chi connectivity index (χ3v) is 6.29. The standard InChI is InChI=1S/C28H34N6O/c1-4-7-13-25-24(28(35)34(18-6-3)26(29-25)10-5-2)19-20-14-16-21(17-15-20)22-11-8-9-12-23(22)27-30-32-33-31-27/h8-9,11-12,14-17H,4-7,10,13,18-19H2,1-3H3,(H,30,31,32,33). The number of benzene rings is 2. The lowest BCUT2D eigenvalue weighted by atomic mass is 9.96. The fourth-order valence-electron chi connectivity index (χ4n) is 4.51. The van der Waals surface area contributed by atoms with E-state index in [2.05, 4.69) is 71.7 Å². The Kier molecular flexibility index (Phi) is 8.19. The minimum Gasteiger partial charge on any atom is -0.296 e. The van der Waals surface area contributed by atoms with Crippen molar-refractivity contribution in [2.75, 3.05) is 0 Å². The summed E-state index contributed by atoms with van der Waals surface area (Å²) in [7, 11) is 0. The molecular weight excluding hydrogens is 436 g/mol. The molecule has 2 aromatic heterocycles. The van der Waals surface area contributed by atoms with E-state index in [1.54, 1.807) is 0 Å². The monoisotopic (exact) mass is 470 g/mol. The first-order chi connectivity index (χ1) is 17.2. The Balaban J connectivity index is 1.68. The molecule has 0 aliphatic rings. The van der Waals surface area contributed by atoms with Crippen LogP contribution in [0.5, 0.6) is 0 Å². The molecule has 0 saturated carbocycles. The molecule has 0 unspecified atom stereocenters. The lowest BCUT2D eigenvalue weighted by molar-refractivity contribution is 0.575. The SMILES string of the molecule is CCCCc1nc(CCC)n(CCC)c(=O)c1Cc1ccc(-c2ccccc2-c2nnn[nH]2)cc1. The molecule has 0 amide bonds. The molecule has 0 aliphatic heterocycles. The molecule has 0 bridgehead atoms. The van der Waals surface area contributed by atoms with E-state index in [-0.39, 0.29) is 5.56 Å². The van der Waals surface area contributed by atoms with Gasteiger partial charge in [0.1, 0.15) is 5.82 Å². The highest BCUT2D eigenvalue weighted by Gasteiger charge is 2.17. The quantitative estimate of drug-likeness (QED) is 0.318. The number of aromatic nitrogens is 6. The summed E-state index contributed by atoms with van der Waals surface area (Å²) in [5.74, 6) is 1.57. The Morgan fingerprint density at radius 1 is 0.886 bits per heavy atom. The maximum Gasteiger partial charge on any atom is 0.257 e. The van der Waals surface area contributed by atoms with Crippen molar-refractivity contribution in [2.24, 2.45) is 0 Å². The molecule has 2 aromatic carbocycles. The van der Waals surface area contributed by atoms with Crippen molar-refractivity contribution >= 4 is 0 Å². The third kappa shape index (κ3) is 5.56. The second-order valence-corrected chi connectivity index (χ2v) is 8.93. The fraction of sp³-hybridized carbons (Fsp3) is 0.393. The highest BCUT2D eigenvalue weighted by Crippen LogP contribution is 2.30. The number of nitrogens with zero attached hydrogens (tertiary/aromatic N) is 5. The minimum atomic E-state index is 0.128. The first kappa shape index (κ1) is 24.5. The van der Waals surface area contributed by atoms with Gasteiger partial charge in [0.15, 0.2) is 5.82 Å². The molecule has 0 atom stereocenters. The van der Waals surface area contributed by atoms with E-state index in [1.165, 1.54) is 0 Å². The average molecular weight is 471 g/mol. The molecule has 182 valence electrons. The molecule has 0 fully saturated rings. The number of unbranched alkanes of at least 4 members (excludes halogenated alkanes) is 1. The largest absolute Gasteiger partial charge is 0.296 e. The van der Waals surface area contributed by atoms with Gasteiger partial charge in [0.25, 0.3) is 5.56 Å². The van der Waals surface area contributed by atoms with E-state index in [1.807, 2.05) is 22.8 Å². The molecule has 4 rings (SSSR count). The summed E-state index contributed by atoms with van der Waals surface area (Å²) in [6.45, 7) is 7.14. The Morgan fingerprint density at radius 3 is 2.31 bits per heavy atom. The number of H-pyrrole nitrogens is 1. The maximum atomic E-state index is 13.6. The number of rotatable bonds is 11. The summed E-state index contributed by atoms with van der Waals surface area (Å²) >= 11 is 0. The van der Waals surface area contributed by atoms with Crippen LogP contribution in [0.15, 0.2) is 53.3 Å². The van der Waals surface area contributed by atoms with Crippen LogP contribution >= 0.6 is 0 Å². The zero-order valence-electron chi connectivity index (χ0n) is 20.9. The second kappa shape index (κ2) is 11.7. The smallest absolute Gasteiger partial charge is 0.257 e. The van der Waals surface area contributed by atoms with Crippen molar-refractivity contribution in [3.8, 4) is 22.5 Å². The number of aromatic amines is 1. The van der Waals surface area contributed by atoms with Crippen LogP contribution in [0.2, 0.25) is 0 Å². The molecule has 2 heterocycles. The van der Waals surface area contributed by atoms with Gasteiger partial charge in [-0.3, -0.25) is 9.36 Å². The number of hydrogen-bond donors (Lipinski definition) is 1. The van der Waals surface area contributed by atoms with Crippen LogP contribution in [0, 0.1) is 0 Å². The molecule has 7 heteroatoms. The first-order valence-corrected chi connectivity index (χ1v) is 12.7. The van der Waals surface area contributed by atoms with E-state index in [0.717, 1.165) is 77.9 Å². The van der Waals surface area contributed by atoms with Gasteiger partial charge in [-0.1, -0.05) is 75.7 Å². The Labute approximate surface area is 206 Å². The summed E-state index contributed by atoms with van der Waals surface area (Å²) in [6.07, 6.45) is 6.29. The van der Waals surface area contributed by atoms with Crippen molar-refractivity contribution in [2.45, 2.75) is 72.3 Å². The van der Waals surface area contributed by atoms with Crippen molar-refractivity contribution < 1.29 is 0 Å². The molecular formula is C28H34N6O. The van der Waals surface area contributed by atoms with Crippen LogP contribution in [0.25, 0.3) is 22.5 Å². The fourth-order valence-corrected chi connectivity index (χ4v) is 4.51. The van der Waals surface area contributed by atoms with Gasteiger partial charge in [0.05, 0.1) is 5.69 Å². The number of hydrogen-bond acceptors (Lipinski definition) is 5. The molecule has 0 saturated heterocycles. The molecule has 4 aromatic rings. The zero-order chi connectivity index (χ0) is 24.6. The van der Waals surface area contributed by atoms with Gasteiger partial charge in [-0.15, -0.1) is 5.10 Å². The molecule has 7 nitrogen and oxygen atoms in total. The van der Waals surface area contributed by atoms with Gasteiger partial charge in [-0.25, -0.2) is 10.1 Å². The van der Waals surface area contributed by atoms with Gasteiger partial charge < -0.3 is 0 Å². The average Bonchev–Trinajstić information content (AvgIpc) is 3.42. The van der Waals surface area contributed by atoms with Crippen LogP contribution in [0.3, 0.4) is 0 Å². The highest BCUT2D eigenvalue weighted by atomic mass is 16.1. The number of tetrazole rings is 1. The van der Waals surface area contributed by atoms with E-state index in [9.17, 15) is 4.79 Å². The van der Waals surface area contributed by atoms with Gasteiger partial charge in [-0.2, -0.15) is 0 Å². The van der Waals surface area contributed by atoms with E-state index < -0.39 is 0 Å². The molecule has 0 aliphatic carbocycles. The minimum absolute atomic E-state index is 0.128. The Hall–Kier alpha value is -3.61. The Morgan fingerprint density at radius 2 is 1.66 bits per heavy atom. The predicted octanol–water partition coefficient (Wildman–Crippen LogP) is 5.39. The van der Waals surface area contributed by atoms with Crippen molar-refractivity contribution in [1.29, 1.82) is 0 Å². The lowest BCUT2D eigenvalue weighted by Crippen LogP contribution is -2.30. The number of aryl methyl sites for hydroxylation is 2. The van der Waals surface area contributed by atoms with Gasteiger partial charge >= 0.3 is 0 Å². The topological polar surface area (TPSA) is 89.3 Å². The maximum absolute atomic E-state index is 13.6. The van der Waals surface area contributed by atoms with Crippen LogP contribution in [-0.2, 0) is 25.8 Å². The first-order valence-electron chi connectivity index (χ1n) is 12.7. The predicted molar refractivity (Wildman–Crippen MR) is 139 cm³/mol. The van der Waals surface area contributed by atoms with Crippen molar-refractivity contribution in [1.82, 2.24) is 30.2 Å². The zero-order valence-corrected chi connectivity index (χ0v) is 20.9. The van der Waals surface area contributed by atoms with Gasteiger partial charge in [-0.05, 0) is 52.8 Å². The van der Waals surface area contributed by atoms with Crippen molar-refractivity contribution in [3.63, 3.8) is 0 Å². The normalized spacial score (nSPS) is 11.2. The summed E-state index contributed by atoms with van der Waals surface area (Å²) in [4.78, 5) is 18.6. The Bertz CT molecular complexity index is 1290. The summed E-state index contributed by atoms with van der Waals surface area (Å²) in [5.41, 5.74) is 6.13. The van der Waals surface area contributed by atoms with E-state index in [0.29, 0.717) is 18.8 Å². The summed E-state index contributed by atoms with van der Waals surface area (Å²) < 4.78 is 1.91. The number of nitrogens with one attached hydrogen (secondary N) is 1. The third-order valence-electron chi connectivity index (χ3n) is 6.29. The highest BCUT2D eigenvalue weighted by molar-refractivity contribution is 5.80. The lowest BCUT2D eigenvalue weighted by Gasteiger charge is -2.17. The van der Waals surface area contributed by atoms with E-state index >= 15 is 0 Å². The van der Waals surface area contributed by atoms with Crippen LogP contribution in [-0.4, -0.2) is 30.2 Å². The van der Waals surface area contributed by atoms with Crippen LogP contribution in [0.1, 0.15) is 69.1 Å².